The predicted molar refractivity (Wildman–Crippen MR) is 102 cm³/mol. The van der Waals surface area contributed by atoms with E-state index in [1.165, 1.54) is 0 Å². The number of likely N-dealkylation sites (tertiary alicyclic amines) is 1. The summed E-state index contributed by atoms with van der Waals surface area (Å²) in [5.74, 6) is 1.56. The first-order chi connectivity index (χ1) is 13.6. The van der Waals surface area contributed by atoms with Gasteiger partial charge in [-0.25, -0.2) is 9.97 Å². The zero-order valence-electron chi connectivity index (χ0n) is 15.9. The first-order valence-electron chi connectivity index (χ1n) is 9.30. The molecule has 3 aromatic heterocycles. The molecule has 1 amide bonds. The molecule has 0 aromatic carbocycles. The van der Waals surface area contributed by atoms with E-state index in [-0.39, 0.29) is 11.8 Å². The highest BCUT2D eigenvalue weighted by Gasteiger charge is 2.30. The molecule has 28 heavy (non-hydrogen) atoms. The van der Waals surface area contributed by atoms with Crippen LogP contribution in [0.5, 0.6) is 11.6 Å². The highest BCUT2D eigenvalue weighted by Crippen LogP contribution is 2.33. The lowest BCUT2D eigenvalue weighted by Crippen LogP contribution is -2.40. The first-order valence-corrected chi connectivity index (χ1v) is 9.30. The number of carbonyl (C=O) groups is 1. The van der Waals surface area contributed by atoms with Gasteiger partial charge in [-0.2, -0.15) is 0 Å². The number of aromatic nitrogens is 5. The van der Waals surface area contributed by atoms with Crippen LogP contribution >= 0.6 is 0 Å². The second-order valence-corrected chi connectivity index (χ2v) is 6.89. The maximum Gasteiger partial charge on any atom is 0.289 e. The Balaban J connectivity index is 1.57. The summed E-state index contributed by atoms with van der Waals surface area (Å²) in [6.07, 6.45) is 10.2. The second-order valence-electron chi connectivity index (χ2n) is 6.89. The number of rotatable bonds is 4. The minimum Gasteiger partial charge on any atom is -0.435 e. The maximum absolute atomic E-state index is 12.8. The summed E-state index contributed by atoms with van der Waals surface area (Å²) >= 11 is 0. The Morgan fingerprint density at radius 1 is 1.14 bits per heavy atom. The van der Waals surface area contributed by atoms with Crippen molar-refractivity contribution in [3.05, 3.63) is 60.3 Å². The number of carbonyl (C=O) groups excluding carboxylic acids is 1. The summed E-state index contributed by atoms with van der Waals surface area (Å²) in [6, 6.07) is 3.69. The molecule has 3 aromatic rings. The van der Waals surface area contributed by atoms with Gasteiger partial charge in [-0.15, -0.1) is 0 Å². The van der Waals surface area contributed by atoms with Gasteiger partial charge < -0.3 is 14.2 Å². The van der Waals surface area contributed by atoms with Gasteiger partial charge in [-0.05, 0) is 31.9 Å². The Hall–Kier alpha value is -3.29. The minimum atomic E-state index is -0.0633. The molecule has 1 atom stereocenters. The van der Waals surface area contributed by atoms with Crippen molar-refractivity contribution in [2.24, 2.45) is 7.05 Å². The molecule has 0 aliphatic carbocycles. The zero-order chi connectivity index (χ0) is 19.5. The molecule has 1 unspecified atom stereocenters. The molecule has 1 saturated heterocycles. The Kier molecular flexibility index (Phi) is 5.01. The summed E-state index contributed by atoms with van der Waals surface area (Å²) in [6.45, 7) is 3.16. The summed E-state index contributed by atoms with van der Waals surface area (Å²) < 4.78 is 7.77. The molecule has 4 rings (SSSR count). The van der Waals surface area contributed by atoms with Crippen LogP contribution in [-0.4, -0.2) is 48.4 Å². The monoisotopic (exact) mass is 378 g/mol. The SMILES string of the molecule is Cc1ncccc1Oc1nccnc1C1CCCN(C(=O)c2nccn2C)C1. The van der Waals surface area contributed by atoms with Gasteiger partial charge in [0, 0.05) is 57.0 Å². The fourth-order valence-corrected chi connectivity index (χ4v) is 3.47. The van der Waals surface area contributed by atoms with Crippen molar-refractivity contribution >= 4 is 5.91 Å². The number of pyridine rings is 1. The predicted octanol–water partition coefficient (Wildman–Crippen LogP) is 2.73. The fraction of sp³-hybridized carbons (Fsp3) is 0.350. The summed E-state index contributed by atoms with van der Waals surface area (Å²) in [5.41, 5.74) is 1.55. The lowest BCUT2D eigenvalue weighted by Gasteiger charge is -2.32. The van der Waals surface area contributed by atoms with Crippen molar-refractivity contribution in [2.75, 3.05) is 13.1 Å². The van der Waals surface area contributed by atoms with E-state index in [0.29, 0.717) is 30.5 Å². The number of ether oxygens (including phenoxy) is 1. The van der Waals surface area contributed by atoms with Crippen LogP contribution in [0.25, 0.3) is 0 Å². The maximum atomic E-state index is 12.8. The van der Waals surface area contributed by atoms with Gasteiger partial charge in [0.2, 0.25) is 5.88 Å². The van der Waals surface area contributed by atoms with Crippen LogP contribution in [0.1, 0.15) is 40.8 Å². The highest BCUT2D eigenvalue weighted by molar-refractivity contribution is 5.90. The van der Waals surface area contributed by atoms with Crippen LogP contribution in [0.2, 0.25) is 0 Å². The Bertz CT molecular complexity index is 986. The van der Waals surface area contributed by atoms with Crippen LogP contribution < -0.4 is 4.74 Å². The Morgan fingerprint density at radius 3 is 2.79 bits per heavy atom. The van der Waals surface area contributed by atoms with E-state index in [1.54, 1.807) is 35.6 Å². The minimum absolute atomic E-state index is 0.0543. The number of imidazole rings is 1. The molecule has 0 saturated carbocycles. The molecule has 1 fully saturated rings. The largest absolute Gasteiger partial charge is 0.435 e. The number of hydrogen-bond acceptors (Lipinski definition) is 6. The van der Waals surface area contributed by atoms with Gasteiger partial charge in [-0.3, -0.25) is 14.8 Å². The lowest BCUT2D eigenvalue weighted by molar-refractivity contribution is 0.0688. The molecule has 0 spiro atoms. The van der Waals surface area contributed by atoms with E-state index in [1.807, 2.05) is 31.0 Å². The summed E-state index contributed by atoms with van der Waals surface area (Å²) in [7, 11) is 1.83. The second kappa shape index (κ2) is 7.75. The Labute approximate surface area is 163 Å². The first kappa shape index (κ1) is 18.1. The van der Waals surface area contributed by atoms with Gasteiger partial charge in [0.1, 0.15) is 5.69 Å². The van der Waals surface area contributed by atoms with E-state index in [2.05, 4.69) is 19.9 Å². The average Bonchev–Trinajstić information content (AvgIpc) is 3.15. The van der Waals surface area contributed by atoms with Crippen molar-refractivity contribution < 1.29 is 9.53 Å². The Morgan fingerprint density at radius 2 is 2.00 bits per heavy atom. The van der Waals surface area contributed by atoms with Crippen molar-refractivity contribution in [2.45, 2.75) is 25.7 Å². The number of piperidine rings is 1. The van der Waals surface area contributed by atoms with E-state index >= 15 is 0 Å². The number of aryl methyl sites for hydroxylation is 2. The molecule has 8 heteroatoms. The van der Waals surface area contributed by atoms with Gasteiger partial charge >= 0.3 is 0 Å². The van der Waals surface area contributed by atoms with Crippen LogP contribution in [-0.2, 0) is 7.05 Å². The smallest absolute Gasteiger partial charge is 0.289 e. The third-order valence-corrected chi connectivity index (χ3v) is 4.96. The standard InChI is InChI=1S/C20H22N6O2/c1-14-16(6-3-7-21-14)28-19-17(22-8-9-24-19)15-5-4-11-26(13-15)20(27)18-23-10-12-25(18)2/h3,6-10,12,15H,4-5,11,13H2,1-2H3. The summed E-state index contributed by atoms with van der Waals surface area (Å²) in [5, 5.41) is 0. The van der Waals surface area contributed by atoms with Gasteiger partial charge in [0.15, 0.2) is 11.6 Å². The van der Waals surface area contributed by atoms with Crippen LogP contribution in [0, 0.1) is 6.92 Å². The molecule has 8 nitrogen and oxygen atoms in total. The molecule has 0 bridgehead atoms. The molecule has 144 valence electrons. The van der Waals surface area contributed by atoms with Crippen LogP contribution in [0.3, 0.4) is 0 Å². The van der Waals surface area contributed by atoms with E-state index in [0.717, 1.165) is 24.2 Å². The van der Waals surface area contributed by atoms with E-state index < -0.39 is 0 Å². The molecular formula is C20H22N6O2. The molecule has 4 heterocycles. The topological polar surface area (TPSA) is 86.0 Å². The molecule has 0 N–H and O–H groups in total. The average molecular weight is 378 g/mol. The zero-order valence-corrected chi connectivity index (χ0v) is 15.9. The summed E-state index contributed by atoms with van der Waals surface area (Å²) in [4.78, 5) is 32.0. The van der Waals surface area contributed by atoms with Crippen LogP contribution in [0.15, 0.2) is 43.1 Å². The van der Waals surface area contributed by atoms with Crippen molar-refractivity contribution in [3.63, 3.8) is 0 Å². The highest BCUT2D eigenvalue weighted by atomic mass is 16.5. The fourth-order valence-electron chi connectivity index (χ4n) is 3.47. The van der Waals surface area contributed by atoms with Gasteiger partial charge in [0.05, 0.1) is 5.69 Å². The third-order valence-electron chi connectivity index (χ3n) is 4.96. The van der Waals surface area contributed by atoms with Crippen molar-refractivity contribution in [1.82, 2.24) is 29.4 Å². The molecular weight excluding hydrogens is 356 g/mol. The number of hydrogen-bond donors (Lipinski definition) is 0. The van der Waals surface area contributed by atoms with Crippen LogP contribution in [0.4, 0.5) is 0 Å². The van der Waals surface area contributed by atoms with Gasteiger partial charge in [-0.1, -0.05) is 0 Å². The van der Waals surface area contributed by atoms with Crippen molar-refractivity contribution in [1.29, 1.82) is 0 Å². The quantitative estimate of drug-likeness (QED) is 0.694. The molecule has 1 aliphatic rings. The van der Waals surface area contributed by atoms with E-state index in [4.69, 9.17) is 4.74 Å². The normalized spacial score (nSPS) is 16.8. The number of amides is 1. The van der Waals surface area contributed by atoms with Crippen molar-refractivity contribution in [3.8, 4) is 11.6 Å². The van der Waals surface area contributed by atoms with Gasteiger partial charge in [0.25, 0.3) is 5.91 Å². The van der Waals surface area contributed by atoms with E-state index in [9.17, 15) is 4.79 Å². The lowest BCUT2D eigenvalue weighted by atomic mass is 9.94. The third kappa shape index (κ3) is 3.58. The molecule has 1 aliphatic heterocycles. The number of nitrogens with zero attached hydrogens (tertiary/aromatic N) is 6. The molecule has 0 radical (unpaired) electrons.